The number of benzene rings is 1. The van der Waals surface area contributed by atoms with Gasteiger partial charge in [-0.25, -0.2) is 0 Å². The molecular formula is C17H21NO4. The van der Waals surface area contributed by atoms with Crippen LogP contribution in [0.5, 0.6) is 11.5 Å². The first-order valence-corrected chi connectivity index (χ1v) is 7.77. The molecule has 1 amide bonds. The van der Waals surface area contributed by atoms with Gasteiger partial charge in [0.25, 0.3) is 0 Å². The Morgan fingerprint density at radius 1 is 1.32 bits per heavy atom. The largest absolute Gasteiger partial charge is 0.492 e. The van der Waals surface area contributed by atoms with E-state index in [1.165, 1.54) is 0 Å². The highest BCUT2D eigenvalue weighted by Crippen LogP contribution is 2.33. The van der Waals surface area contributed by atoms with Crippen LogP contribution in [0.1, 0.15) is 42.1 Å². The Morgan fingerprint density at radius 2 is 2.05 bits per heavy atom. The van der Waals surface area contributed by atoms with Crippen molar-refractivity contribution in [2.75, 3.05) is 19.7 Å². The van der Waals surface area contributed by atoms with Gasteiger partial charge in [-0.2, -0.15) is 0 Å². The van der Waals surface area contributed by atoms with E-state index in [1.54, 1.807) is 6.92 Å². The van der Waals surface area contributed by atoms with Crippen molar-refractivity contribution in [3.63, 3.8) is 0 Å². The van der Waals surface area contributed by atoms with Crippen LogP contribution in [0, 0.1) is 6.92 Å². The number of piperidine rings is 1. The second-order valence-electron chi connectivity index (χ2n) is 5.96. The van der Waals surface area contributed by atoms with Crippen molar-refractivity contribution in [1.29, 1.82) is 0 Å². The summed E-state index contributed by atoms with van der Waals surface area (Å²) in [6, 6.07) is 3.69. The number of Topliss-reactive ketones (excluding diaryl/α,β-unsaturated/α-hetero) is 1. The number of hydrogen-bond acceptors (Lipinski definition) is 4. The minimum absolute atomic E-state index is 0.103. The number of amides is 1. The quantitative estimate of drug-likeness (QED) is 0.841. The lowest BCUT2D eigenvalue weighted by atomic mass is 10.0. The average molecular weight is 303 g/mol. The molecule has 0 N–H and O–H groups in total. The standard InChI is InChI=1S/C17H21NO4/c1-11-9-14-15(20)5-8-21-17(14)10-16(11)22-13-3-6-18(7-4-13)12(2)19/h9-10,13H,3-8H2,1-2H3. The van der Waals surface area contributed by atoms with Gasteiger partial charge in [-0.15, -0.1) is 0 Å². The lowest BCUT2D eigenvalue weighted by Crippen LogP contribution is -2.40. The van der Waals surface area contributed by atoms with Crippen molar-refractivity contribution in [3.8, 4) is 11.5 Å². The van der Waals surface area contributed by atoms with Crippen LogP contribution in [0.25, 0.3) is 0 Å². The van der Waals surface area contributed by atoms with Gasteiger partial charge in [-0.3, -0.25) is 9.59 Å². The summed E-state index contributed by atoms with van der Waals surface area (Å²) in [6.07, 6.45) is 2.20. The third-order valence-electron chi connectivity index (χ3n) is 4.35. The highest BCUT2D eigenvalue weighted by Gasteiger charge is 2.24. The molecule has 5 heteroatoms. The van der Waals surface area contributed by atoms with Crippen LogP contribution in [-0.2, 0) is 4.79 Å². The summed E-state index contributed by atoms with van der Waals surface area (Å²) in [7, 11) is 0. The van der Waals surface area contributed by atoms with Crippen LogP contribution in [0.3, 0.4) is 0 Å². The first-order chi connectivity index (χ1) is 10.5. The lowest BCUT2D eigenvalue weighted by Gasteiger charge is -2.32. The third-order valence-corrected chi connectivity index (χ3v) is 4.35. The summed E-state index contributed by atoms with van der Waals surface area (Å²) in [5.74, 6) is 1.65. The monoisotopic (exact) mass is 303 g/mol. The average Bonchev–Trinajstić information content (AvgIpc) is 2.50. The number of ether oxygens (including phenoxy) is 2. The number of rotatable bonds is 2. The summed E-state index contributed by atoms with van der Waals surface area (Å²) in [5.41, 5.74) is 1.61. The number of fused-ring (bicyclic) bond motifs is 1. The topological polar surface area (TPSA) is 55.8 Å². The maximum atomic E-state index is 11.9. The molecule has 0 atom stereocenters. The normalized spacial score (nSPS) is 18.6. The summed E-state index contributed by atoms with van der Waals surface area (Å²) in [6.45, 7) is 5.45. The molecule has 22 heavy (non-hydrogen) atoms. The molecule has 1 saturated heterocycles. The zero-order chi connectivity index (χ0) is 15.7. The fourth-order valence-corrected chi connectivity index (χ4v) is 2.99. The van der Waals surface area contributed by atoms with E-state index in [1.807, 2.05) is 24.0 Å². The number of hydrogen-bond donors (Lipinski definition) is 0. The molecule has 1 aromatic rings. The fraction of sp³-hybridized carbons (Fsp3) is 0.529. The van der Waals surface area contributed by atoms with Gasteiger partial charge in [0.05, 0.1) is 12.2 Å². The smallest absolute Gasteiger partial charge is 0.219 e. The van der Waals surface area contributed by atoms with Crippen molar-refractivity contribution >= 4 is 11.7 Å². The molecule has 2 heterocycles. The predicted octanol–water partition coefficient (Wildman–Crippen LogP) is 2.35. The predicted molar refractivity (Wildman–Crippen MR) is 81.5 cm³/mol. The van der Waals surface area contributed by atoms with Gasteiger partial charge in [0.2, 0.25) is 5.91 Å². The van der Waals surface area contributed by atoms with Crippen LogP contribution < -0.4 is 9.47 Å². The summed E-state index contributed by atoms with van der Waals surface area (Å²) in [5, 5.41) is 0. The molecular weight excluding hydrogens is 282 g/mol. The Hall–Kier alpha value is -2.04. The first kappa shape index (κ1) is 14.9. The van der Waals surface area contributed by atoms with Crippen molar-refractivity contribution in [2.24, 2.45) is 0 Å². The van der Waals surface area contributed by atoms with Gasteiger partial charge >= 0.3 is 0 Å². The van der Waals surface area contributed by atoms with E-state index in [-0.39, 0.29) is 17.8 Å². The van der Waals surface area contributed by atoms with Crippen LogP contribution in [-0.4, -0.2) is 42.4 Å². The second kappa shape index (κ2) is 5.99. The van der Waals surface area contributed by atoms with Crippen molar-refractivity contribution in [3.05, 3.63) is 23.3 Å². The number of aryl methyl sites for hydroxylation is 1. The summed E-state index contributed by atoms with van der Waals surface area (Å²) < 4.78 is 11.7. The fourth-order valence-electron chi connectivity index (χ4n) is 2.99. The molecule has 118 valence electrons. The molecule has 0 radical (unpaired) electrons. The molecule has 0 aliphatic carbocycles. The number of carbonyl (C=O) groups is 2. The first-order valence-electron chi connectivity index (χ1n) is 7.77. The van der Waals surface area contributed by atoms with Crippen LogP contribution in [0.15, 0.2) is 12.1 Å². The van der Waals surface area contributed by atoms with E-state index < -0.39 is 0 Å². The third kappa shape index (κ3) is 2.93. The molecule has 1 fully saturated rings. The maximum Gasteiger partial charge on any atom is 0.219 e. The van der Waals surface area contributed by atoms with Crippen molar-refractivity contribution in [1.82, 2.24) is 4.90 Å². The van der Waals surface area contributed by atoms with Crippen LogP contribution >= 0.6 is 0 Å². The molecule has 0 saturated carbocycles. The summed E-state index contributed by atoms with van der Waals surface area (Å²) in [4.78, 5) is 25.1. The zero-order valence-corrected chi connectivity index (χ0v) is 13.1. The Bertz CT molecular complexity index is 603. The van der Waals surface area contributed by atoms with E-state index in [4.69, 9.17) is 9.47 Å². The Morgan fingerprint density at radius 3 is 2.73 bits per heavy atom. The van der Waals surface area contributed by atoms with Crippen LogP contribution in [0.2, 0.25) is 0 Å². The van der Waals surface area contributed by atoms with Gasteiger partial charge in [-0.1, -0.05) is 0 Å². The Balaban J connectivity index is 1.71. The number of carbonyl (C=O) groups excluding carboxylic acids is 2. The SMILES string of the molecule is CC(=O)N1CCC(Oc2cc3c(cc2C)C(=O)CCO3)CC1. The lowest BCUT2D eigenvalue weighted by molar-refractivity contribution is -0.130. The molecule has 2 aliphatic heterocycles. The van der Waals surface area contributed by atoms with Crippen molar-refractivity contribution in [2.45, 2.75) is 39.2 Å². The van der Waals surface area contributed by atoms with E-state index in [2.05, 4.69) is 0 Å². The minimum atomic E-state index is 0.103. The molecule has 5 nitrogen and oxygen atoms in total. The van der Waals surface area contributed by atoms with Gasteiger partial charge in [0, 0.05) is 45.3 Å². The van der Waals surface area contributed by atoms with Crippen LogP contribution in [0.4, 0.5) is 0 Å². The van der Waals surface area contributed by atoms with Gasteiger partial charge in [0.1, 0.15) is 17.6 Å². The Kier molecular flexibility index (Phi) is 4.05. The zero-order valence-electron chi connectivity index (χ0n) is 13.1. The molecule has 0 unspecified atom stereocenters. The highest BCUT2D eigenvalue weighted by molar-refractivity contribution is 6.00. The van der Waals surface area contributed by atoms with E-state index >= 15 is 0 Å². The van der Waals surface area contributed by atoms with E-state index in [0.717, 1.165) is 37.2 Å². The van der Waals surface area contributed by atoms with Gasteiger partial charge in [0.15, 0.2) is 5.78 Å². The highest BCUT2D eigenvalue weighted by atomic mass is 16.5. The summed E-state index contributed by atoms with van der Waals surface area (Å²) >= 11 is 0. The van der Waals surface area contributed by atoms with E-state index in [0.29, 0.717) is 24.3 Å². The molecule has 2 aliphatic rings. The van der Waals surface area contributed by atoms with Gasteiger partial charge in [-0.05, 0) is 18.6 Å². The van der Waals surface area contributed by atoms with Crippen molar-refractivity contribution < 1.29 is 19.1 Å². The second-order valence-corrected chi connectivity index (χ2v) is 5.96. The van der Waals surface area contributed by atoms with E-state index in [9.17, 15) is 9.59 Å². The molecule has 0 bridgehead atoms. The van der Waals surface area contributed by atoms with Gasteiger partial charge < -0.3 is 14.4 Å². The number of ketones is 1. The Labute approximate surface area is 130 Å². The molecule has 3 rings (SSSR count). The molecule has 0 aromatic heterocycles. The molecule has 1 aromatic carbocycles. The number of nitrogens with zero attached hydrogens (tertiary/aromatic N) is 1. The number of likely N-dealkylation sites (tertiary alicyclic amines) is 1. The molecule has 0 spiro atoms. The maximum absolute atomic E-state index is 11.9. The minimum Gasteiger partial charge on any atom is -0.492 e.